The lowest BCUT2D eigenvalue weighted by Gasteiger charge is -2.03. The number of benzene rings is 1. The van der Waals surface area contributed by atoms with E-state index in [0.717, 1.165) is 11.3 Å². The molecule has 1 aromatic heterocycles. The maximum Gasteiger partial charge on any atom is 0.135 e. The van der Waals surface area contributed by atoms with E-state index in [1.807, 2.05) is 19.1 Å². The van der Waals surface area contributed by atoms with Gasteiger partial charge in [0.05, 0.1) is 5.02 Å². The van der Waals surface area contributed by atoms with E-state index in [4.69, 9.17) is 33.4 Å². The summed E-state index contributed by atoms with van der Waals surface area (Å²) in [5.41, 5.74) is 6.52. The molecule has 2 nitrogen and oxygen atoms in total. The fourth-order valence-electron chi connectivity index (χ4n) is 1.64. The molecule has 2 aromatic rings. The molecule has 0 bridgehead atoms. The molecule has 0 fully saturated rings. The smallest absolute Gasteiger partial charge is 0.135 e. The number of rotatable bonds is 3. The minimum Gasteiger partial charge on any atom is -0.461 e. The summed E-state index contributed by atoms with van der Waals surface area (Å²) in [5, 5.41) is 1.26. The van der Waals surface area contributed by atoms with Crippen LogP contribution in [0.15, 0.2) is 34.7 Å². The topological polar surface area (TPSA) is 39.2 Å². The largest absolute Gasteiger partial charge is 0.461 e. The lowest BCUT2D eigenvalue weighted by Crippen LogP contribution is -2.17. The zero-order valence-corrected chi connectivity index (χ0v) is 10.9. The van der Waals surface area contributed by atoms with E-state index in [0.29, 0.717) is 22.2 Å². The first-order valence-corrected chi connectivity index (χ1v) is 6.11. The Morgan fingerprint density at radius 3 is 2.71 bits per heavy atom. The summed E-state index contributed by atoms with van der Waals surface area (Å²) < 4.78 is 5.69. The lowest BCUT2D eigenvalue weighted by molar-refractivity contribution is 0.503. The van der Waals surface area contributed by atoms with E-state index in [9.17, 15) is 0 Å². The monoisotopic (exact) mass is 269 g/mol. The molecular formula is C13H13Cl2NO. The van der Waals surface area contributed by atoms with Gasteiger partial charge in [-0.3, -0.25) is 0 Å². The van der Waals surface area contributed by atoms with Crippen LogP contribution in [0, 0.1) is 0 Å². The first-order chi connectivity index (χ1) is 8.06. The van der Waals surface area contributed by atoms with Crippen molar-refractivity contribution in [2.45, 2.75) is 19.4 Å². The zero-order valence-electron chi connectivity index (χ0n) is 9.41. The van der Waals surface area contributed by atoms with Crippen LogP contribution in [0.25, 0.3) is 11.3 Å². The molecule has 0 aliphatic heterocycles. The molecule has 0 saturated carbocycles. The molecule has 0 amide bonds. The Labute approximate surface area is 110 Å². The van der Waals surface area contributed by atoms with Gasteiger partial charge in [-0.15, -0.1) is 0 Å². The van der Waals surface area contributed by atoms with Gasteiger partial charge in [0.15, 0.2) is 0 Å². The Balaban J connectivity index is 2.33. The molecule has 0 saturated heterocycles. The lowest BCUT2D eigenvalue weighted by atomic mass is 10.2. The van der Waals surface area contributed by atoms with Crippen LogP contribution in [0.2, 0.25) is 10.0 Å². The van der Waals surface area contributed by atoms with Gasteiger partial charge in [0.2, 0.25) is 0 Å². The van der Waals surface area contributed by atoms with Crippen LogP contribution in [-0.2, 0) is 6.42 Å². The fourth-order valence-corrected chi connectivity index (χ4v) is 2.02. The summed E-state index contributed by atoms with van der Waals surface area (Å²) in [6.45, 7) is 1.94. The number of hydrogen-bond donors (Lipinski definition) is 1. The van der Waals surface area contributed by atoms with Crippen molar-refractivity contribution < 1.29 is 4.42 Å². The molecule has 0 spiro atoms. The van der Waals surface area contributed by atoms with E-state index in [2.05, 4.69) is 0 Å². The first-order valence-electron chi connectivity index (χ1n) is 5.36. The molecule has 2 N–H and O–H groups in total. The molecule has 0 aliphatic rings. The number of nitrogens with two attached hydrogens (primary N) is 1. The molecule has 4 heteroatoms. The van der Waals surface area contributed by atoms with E-state index in [1.54, 1.807) is 18.2 Å². The normalized spacial score (nSPS) is 12.7. The third-order valence-electron chi connectivity index (χ3n) is 2.38. The Kier molecular flexibility index (Phi) is 3.77. The van der Waals surface area contributed by atoms with E-state index in [1.165, 1.54) is 0 Å². The van der Waals surface area contributed by atoms with Gasteiger partial charge in [0.1, 0.15) is 11.5 Å². The van der Waals surface area contributed by atoms with Crippen molar-refractivity contribution in [2.24, 2.45) is 5.73 Å². The predicted molar refractivity (Wildman–Crippen MR) is 71.5 cm³/mol. The van der Waals surface area contributed by atoms with Crippen molar-refractivity contribution in [2.75, 3.05) is 0 Å². The molecule has 1 atom stereocenters. The molecule has 2 rings (SSSR count). The first kappa shape index (κ1) is 12.5. The van der Waals surface area contributed by atoms with Gasteiger partial charge in [-0.25, -0.2) is 0 Å². The van der Waals surface area contributed by atoms with Crippen LogP contribution in [0.1, 0.15) is 12.7 Å². The Morgan fingerprint density at radius 2 is 2.00 bits per heavy atom. The standard InChI is InChI=1S/C13H13Cl2NO/c1-8(16)6-10-3-5-13(17-10)11-7-9(14)2-4-12(11)15/h2-5,7-8H,6,16H2,1H3. The van der Waals surface area contributed by atoms with E-state index < -0.39 is 0 Å². The molecule has 1 heterocycles. The summed E-state index contributed by atoms with van der Waals surface area (Å²) >= 11 is 12.0. The van der Waals surface area contributed by atoms with Gasteiger partial charge >= 0.3 is 0 Å². The van der Waals surface area contributed by atoms with Gasteiger partial charge in [0, 0.05) is 23.0 Å². The number of halogens is 2. The van der Waals surface area contributed by atoms with Gasteiger partial charge in [0.25, 0.3) is 0 Å². The highest BCUT2D eigenvalue weighted by atomic mass is 35.5. The third kappa shape index (κ3) is 3.03. The van der Waals surface area contributed by atoms with Crippen LogP contribution in [0.5, 0.6) is 0 Å². The van der Waals surface area contributed by atoms with Crippen molar-refractivity contribution in [3.05, 3.63) is 46.1 Å². The predicted octanol–water partition coefficient (Wildman–Crippen LogP) is 4.14. The Hall–Kier alpha value is -0.960. The second kappa shape index (κ2) is 5.13. The molecule has 0 radical (unpaired) electrons. The second-order valence-corrected chi connectivity index (χ2v) is 4.92. The van der Waals surface area contributed by atoms with Crippen molar-refractivity contribution in [3.63, 3.8) is 0 Å². The number of furan rings is 1. The highest BCUT2D eigenvalue weighted by Gasteiger charge is 2.10. The van der Waals surface area contributed by atoms with Gasteiger partial charge in [-0.1, -0.05) is 23.2 Å². The minimum absolute atomic E-state index is 0.0730. The van der Waals surface area contributed by atoms with Crippen molar-refractivity contribution in [1.82, 2.24) is 0 Å². The average Bonchev–Trinajstić information content (AvgIpc) is 2.69. The summed E-state index contributed by atoms with van der Waals surface area (Å²) in [4.78, 5) is 0. The fraction of sp³-hybridized carbons (Fsp3) is 0.231. The van der Waals surface area contributed by atoms with Crippen LogP contribution in [-0.4, -0.2) is 6.04 Å². The second-order valence-electron chi connectivity index (χ2n) is 4.07. The summed E-state index contributed by atoms with van der Waals surface area (Å²) in [6.07, 6.45) is 0.707. The zero-order chi connectivity index (χ0) is 12.4. The van der Waals surface area contributed by atoms with Gasteiger partial charge in [-0.05, 0) is 37.3 Å². The average molecular weight is 270 g/mol. The molecule has 1 aromatic carbocycles. The maximum atomic E-state index is 6.10. The minimum atomic E-state index is 0.0730. The van der Waals surface area contributed by atoms with Crippen molar-refractivity contribution in [3.8, 4) is 11.3 Å². The highest BCUT2D eigenvalue weighted by Crippen LogP contribution is 2.31. The summed E-state index contributed by atoms with van der Waals surface area (Å²) in [5.74, 6) is 1.57. The van der Waals surface area contributed by atoms with Crippen LogP contribution < -0.4 is 5.73 Å². The Bertz CT molecular complexity index is 520. The van der Waals surface area contributed by atoms with Gasteiger partial charge < -0.3 is 10.2 Å². The van der Waals surface area contributed by atoms with Crippen molar-refractivity contribution in [1.29, 1.82) is 0 Å². The van der Waals surface area contributed by atoms with Crippen LogP contribution >= 0.6 is 23.2 Å². The quantitative estimate of drug-likeness (QED) is 0.910. The van der Waals surface area contributed by atoms with Crippen LogP contribution in [0.4, 0.5) is 0 Å². The van der Waals surface area contributed by atoms with E-state index in [-0.39, 0.29) is 6.04 Å². The molecule has 0 aliphatic carbocycles. The maximum absolute atomic E-state index is 6.10. The van der Waals surface area contributed by atoms with E-state index >= 15 is 0 Å². The molecular weight excluding hydrogens is 257 g/mol. The molecule has 17 heavy (non-hydrogen) atoms. The number of hydrogen-bond acceptors (Lipinski definition) is 2. The highest BCUT2D eigenvalue weighted by molar-refractivity contribution is 6.35. The molecule has 90 valence electrons. The third-order valence-corrected chi connectivity index (χ3v) is 2.94. The Morgan fingerprint density at radius 1 is 1.24 bits per heavy atom. The summed E-state index contributed by atoms with van der Waals surface area (Å²) in [7, 11) is 0. The van der Waals surface area contributed by atoms with Gasteiger partial charge in [-0.2, -0.15) is 0 Å². The molecule has 1 unspecified atom stereocenters. The SMILES string of the molecule is CC(N)Cc1ccc(-c2cc(Cl)ccc2Cl)o1. The summed E-state index contributed by atoms with van der Waals surface area (Å²) in [6, 6.07) is 9.17. The van der Waals surface area contributed by atoms with Crippen molar-refractivity contribution >= 4 is 23.2 Å². The van der Waals surface area contributed by atoms with Crippen LogP contribution in [0.3, 0.4) is 0 Å².